The van der Waals surface area contributed by atoms with Gasteiger partial charge in [-0.15, -0.1) is 0 Å². The molecule has 4 rings (SSSR count). The zero-order valence-electron chi connectivity index (χ0n) is 19.4. The Labute approximate surface area is 207 Å². The summed E-state index contributed by atoms with van der Waals surface area (Å²) in [4.78, 5) is 18.3. The van der Waals surface area contributed by atoms with Crippen molar-refractivity contribution in [3.05, 3.63) is 88.0 Å². The number of nitrogens with zero attached hydrogens (tertiary/aromatic N) is 1. The van der Waals surface area contributed by atoms with Gasteiger partial charge in [0.1, 0.15) is 0 Å². The number of carbonyl (C=O) groups is 1. The Morgan fingerprint density at radius 1 is 0.912 bits per heavy atom. The van der Waals surface area contributed by atoms with Crippen LogP contribution in [0.4, 0.5) is 0 Å². The largest absolute Gasteiger partial charge is 0.493 e. The number of rotatable bonds is 7. The zero-order chi connectivity index (χ0) is 24.2. The predicted molar refractivity (Wildman–Crippen MR) is 139 cm³/mol. The van der Waals surface area contributed by atoms with Gasteiger partial charge in [0.2, 0.25) is 5.75 Å². The summed E-state index contributed by atoms with van der Waals surface area (Å²) in [6.07, 6.45) is 3.30. The Hall–Kier alpha value is -3.64. The second-order valence-electron chi connectivity index (χ2n) is 7.63. The van der Waals surface area contributed by atoms with Crippen molar-refractivity contribution < 1.29 is 19.0 Å². The van der Waals surface area contributed by atoms with Crippen molar-refractivity contribution in [2.75, 3.05) is 21.3 Å². The lowest BCUT2D eigenvalue weighted by atomic mass is 9.92. The third-order valence-electron chi connectivity index (χ3n) is 5.55. The molecule has 172 valence electrons. The van der Waals surface area contributed by atoms with E-state index >= 15 is 0 Å². The van der Waals surface area contributed by atoms with Crippen LogP contribution < -0.4 is 14.2 Å². The average Bonchev–Trinajstić information content (AvgIpc) is 2.86. The number of carbonyl (C=O) groups excluding carboxylic acids is 1. The van der Waals surface area contributed by atoms with Crippen molar-refractivity contribution in [3.8, 4) is 28.4 Å². The maximum absolute atomic E-state index is 13.6. The first kappa shape index (κ1) is 23.5. The molecule has 0 saturated carbocycles. The Bertz CT molecular complexity index is 1370. The molecule has 3 aromatic carbocycles. The number of methoxy groups -OCH3 is 3. The molecule has 0 atom stereocenters. The lowest BCUT2D eigenvalue weighted by molar-refractivity contribution is 0.104. The van der Waals surface area contributed by atoms with Gasteiger partial charge in [-0.3, -0.25) is 9.78 Å². The van der Waals surface area contributed by atoms with Crippen molar-refractivity contribution in [1.82, 2.24) is 4.98 Å². The number of aryl methyl sites for hydroxylation is 1. The molecule has 0 fully saturated rings. The van der Waals surface area contributed by atoms with Crippen LogP contribution in [0.3, 0.4) is 0 Å². The van der Waals surface area contributed by atoms with Gasteiger partial charge < -0.3 is 14.2 Å². The molecule has 0 aliphatic rings. The number of aromatic nitrogens is 1. The van der Waals surface area contributed by atoms with Crippen LogP contribution in [0.5, 0.6) is 17.2 Å². The molecule has 1 aromatic heterocycles. The van der Waals surface area contributed by atoms with Crippen LogP contribution in [0, 0.1) is 6.92 Å². The van der Waals surface area contributed by atoms with Crippen LogP contribution in [0.2, 0.25) is 0 Å². The summed E-state index contributed by atoms with van der Waals surface area (Å²) in [5, 5.41) is 0.913. The van der Waals surface area contributed by atoms with Gasteiger partial charge in [0.15, 0.2) is 17.3 Å². The fraction of sp³-hybridized carbons (Fsp3) is 0.143. The summed E-state index contributed by atoms with van der Waals surface area (Å²) in [6.45, 7) is 1.87. The maximum atomic E-state index is 13.6. The molecular formula is C28H24BrNO4. The Morgan fingerprint density at radius 2 is 1.59 bits per heavy atom. The quantitative estimate of drug-likeness (QED) is 0.197. The van der Waals surface area contributed by atoms with Gasteiger partial charge in [-0.05, 0) is 54.5 Å². The van der Waals surface area contributed by atoms with E-state index in [9.17, 15) is 4.79 Å². The number of ether oxygens (including phenoxy) is 3. The fourth-order valence-electron chi connectivity index (χ4n) is 4.02. The molecule has 0 aliphatic heterocycles. The number of fused-ring (bicyclic) bond motifs is 1. The molecule has 0 bridgehead atoms. The summed E-state index contributed by atoms with van der Waals surface area (Å²) in [6, 6.07) is 19.4. The number of halogens is 1. The van der Waals surface area contributed by atoms with Crippen molar-refractivity contribution in [2.45, 2.75) is 6.92 Å². The van der Waals surface area contributed by atoms with Gasteiger partial charge in [-0.2, -0.15) is 0 Å². The number of pyridine rings is 1. The van der Waals surface area contributed by atoms with Crippen molar-refractivity contribution >= 4 is 38.7 Å². The molecule has 0 aliphatic carbocycles. The van der Waals surface area contributed by atoms with Crippen molar-refractivity contribution in [3.63, 3.8) is 0 Å². The molecule has 1 heterocycles. The Balaban J connectivity index is 1.85. The maximum Gasteiger partial charge on any atom is 0.203 e. The second-order valence-corrected chi connectivity index (χ2v) is 8.55. The third-order valence-corrected chi connectivity index (χ3v) is 6.04. The van der Waals surface area contributed by atoms with E-state index in [0.29, 0.717) is 28.5 Å². The number of allylic oxidation sites excluding steroid dienone is 1. The van der Waals surface area contributed by atoms with Crippen LogP contribution >= 0.6 is 15.9 Å². The topological polar surface area (TPSA) is 57.7 Å². The predicted octanol–water partition coefficient (Wildman–Crippen LogP) is 6.89. The minimum Gasteiger partial charge on any atom is -0.493 e. The molecule has 0 spiro atoms. The fourth-order valence-corrected chi connectivity index (χ4v) is 4.38. The van der Waals surface area contributed by atoms with E-state index in [0.717, 1.165) is 32.1 Å². The lowest BCUT2D eigenvalue weighted by Crippen LogP contribution is -2.05. The summed E-state index contributed by atoms with van der Waals surface area (Å²) in [7, 11) is 4.67. The first-order valence-corrected chi connectivity index (χ1v) is 11.4. The van der Waals surface area contributed by atoms with Crippen LogP contribution in [0.1, 0.15) is 21.6 Å². The van der Waals surface area contributed by atoms with E-state index in [1.54, 1.807) is 45.6 Å². The van der Waals surface area contributed by atoms with Gasteiger partial charge >= 0.3 is 0 Å². The summed E-state index contributed by atoms with van der Waals surface area (Å²) < 4.78 is 17.2. The number of hydrogen-bond acceptors (Lipinski definition) is 5. The van der Waals surface area contributed by atoms with Crippen molar-refractivity contribution in [2.24, 2.45) is 0 Å². The highest BCUT2D eigenvalue weighted by molar-refractivity contribution is 9.10. The normalized spacial score (nSPS) is 11.1. The van der Waals surface area contributed by atoms with E-state index in [1.807, 2.05) is 55.5 Å². The molecule has 0 amide bonds. The third kappa shape index (κ3) is 4.54. The number of benzene rings is 3. The SMILES string of the molecule is COc1cc(/C=C\C(=O)c2c(C)nc3ccc(Br)cc3c2-c2ccccc2)cc(OC)c1OC. The first-order chi connectivity index (χ1) is 16.5. The monoisotopic (exact) mass is 517 g/mol. The van der Waals surface area contributed by atoms with E-state index in [2.05, 4.69) is 15.9 Å². The van der Waals surface area contributed by atoms with Crippen LogP contribution in [-0.4, -0.2) is 32.1 Å². The second kappa shape index (κ2) is 10.1. The van der Waals surface area contributed by atoms with Crippen LogP contribution in [-0.2, 0) is 0 Å². The van der Waals surface area contributed by atoms with E-state index in [-0.39, 0.29) is 5.78 Å². The molecule has 5 nitrogen and oxygen atoms in total. The van der Waals surface area contributed by atoms with Crippen molar-refractivity contribution in [1.29, 1.82) is 0 Å². The molecule has 34 heavy (non-hydrogen) atoms. The van der Waals surface area contributed by atoms with Crippen LogP contribution in [0.25, 0.3) is 28.1 Å². The molecular weight excluding hydrogens is 494 g/mol. The first-order valence-electron chi connectivity index (χ1n) is 10.6. The molecule has 0 radical (unpaired) electrons. The molecule has 4 aromatic rings. The zero-order valence-corrected chi connectivity index (χ0v) is 21.0. The Kier molecular flexibility index (Phi) is 6.98. The highest BCUT2D eigenvalue weighted by Gasteiger charge is 2.19. The minimum atomic E-state index is -0.139. The van der Waals surface area contributed by atoms with E-state index in [1.165, 1.54) is 0 Å². The number of ketones is 1. The molecule has 0 N–H and O–H groups in total. The summed E-state index contributed by atoms with van der Waals surface area (Å²) >= 11 is 3.56. The molecule has 0 saturated heterocycles. The van der Waals surface area contributed by atoms with Gasteiger partial charge in [-0.1, -0.05) is 52.3 Å². The van der Waals surface area contributed by atoms with Gasteiger partial charge in [0, 0.05) is 21.1 Å². The van der Waals surface area contributed by atoms with Gasteiger partial charge in [0.25, 0.3) is 0 Å². The lowest BCUT2D eigenvalue weighted by Gasteiger charge is -2.15. The van der Waals surface area contributed by atoms with Gasteiger partial charge in [-0.25, -0.2) is 0 Å². The Morgan fingerprint density at radius 3 is 2.21 bits per heavy atom. The van der Waals surface area contributed by atoms with Gasteiger partial charge in [0.05, 0.1) is 32.4 Å². The summed E-state index contributed by atoms with van der Waals surface area (Å²) in [5.41, 5.74) is 4.65. The smallest absolute Gasteiger partial charge is 0.203 e. The van der Waals surface area contributed by atoms with Crippen LogP contribution in [0.15, 0.2) is 71.2 Å². The minimum absolute atomic E-state index is 0.139. The average molecular weight is 518 g/mol. The standard InChI is InChI=1S/C28H24BrNO4/c1-17-26(23(31)13-10-18-14-24(32-2)28(34-4)25(15-18)33-3)27(19-8-6-5-7-9-19)21-16-20(29)11-12-22(21)30-17/h5-16H,1-4H3/b13-10-. The van der Waals surface area contributed by atoms with E-state index < -0.39 is 0 Å². The molecule has 6 heteroatoms. The summed E-state index contributed by atoms with van der Waals surface area (Å²) in [5.74, 6) is 1.40. The van der Waals surface area contributed by atoms with E-state index in [4.69, 9.17) is 19.2 Å². The molecule has 0 unspecified atom stereocenters. The highest BCUT2D eigenvalue weighted by Crippen LogP contribution is 2.39. The highest BCUT2D eigenvalue weighted by atomic mass is 79.9. The number of hydrogen-bond donors (Lipinski definition) is 0.